The molecule has 2 N–H and O–H groups in total. The van der Waals surface area contributed by atoms with Crippen molar-refractivity contribution in [3.8, 4) is 0 Å². The highest BCUT2D eigenvalue weighted by atomic mass is 16.9. The van der Waals surface area contributed by atoms with Crippen molar-refractivity contribution in [3.05, 3.63) is 20.2 Å². The summed E-state index contributed by atoms with van der Waals surface area (Å²) in [6, 6.07) is 0. The smallest absolute Gasteiger partial charge is 0.291 e. The van der Waals surface area contributed by atoms with Gasteiger partial charge in [-0.2, -0.15) is 0 Å². The van der Waals surface area contributed by atoms with Crippen LogP contribution in [0.3, 0.4) is 0 Å². The Bertz CT molecular complexity index is 71.7. The number of hydrogen-bond donors (Lipinski definition) is 2. The van der Waals surface area contributed by atoms with Crippen molar-refractivity contribution in [2.75, 3.05) is 0 Å². The summed E-state index contributed by atoms with van der Waals surface area (Å²) >= 11 is 0. The SMILES string of the molecule is CC.O=[N+]([O-])O.O=[N+]([O-])O. The molecule has 0 spiro atoms. The van der Waals surface area contributed by atoms with Crippen LogP contribution < -0.4 is 0 Å². The normalized spacial score (nSPS) is 5.40. The van der Waals surface area contributed by atoms with Crippen LogP contribution in [0, 0.1) is 20.2 Å². The van der Waals surface area contributed by atoms with E-state index in [1.54, 1.807) is 0 Å². The number of hydrogen-bond acceptors (Lipinski definition) is 4. The molecule has 0 saturated carbocycles. The van der Waals surface area contributed by atoms with Crippen molar-refractivity contribution in [2.24, 2.45) is 0 Å². The molecule has 0 rings (SSSR count). The summed E-state index contributed by atoms with van der Waals surface area (Å²) < 4.78 is 0. The highest BCUT2D eigenvalue weighted by Crippen LogP contribution is 1.38. The zero-order valence-corrected chi connectivity index (χ0v) is 5.42. The summed E-state index contributed by atoms with van der Waals surface area (Å²) in [7, 11) is 0. The second kappa shape index (κ2) is 15.7. The third-order valence-corrected chi connectivity index (χ3v) is 0. The van der Waals surface area contributed by atoms with Crippen LogP contribution in [0.25, 0.3) is 0 Å². The van der Waals surface area contributed by atoms with Gasteiger partial charge in [-0.25, -0.2) is 0 Å². The molecular formula is C2H8N2O6. The first-order chi connectivity index (χ1) is 4.46. The Morgan fingerprint density at radius 2 is 1.00 bits per heavy atom. The minimum absolute atomic E-state index is 1.50. The van der Waals surface area contributed by atoms with Crippen LogP contribution >= 0.6 is 0 Å². The van der Waals surface area contributed by atoms with Gasteiger partial charge in [-0.05, 0) is 0 Å². The lowest BCUT2D eigenvalue weighted by Gasteiger charge is -1.56. The second-order valence-electron chi connectivity index (χ2n) is 0.476. The molecule has 0 bridgehead atoms. The summed E-state index contributed by atoms with van der Waals surface area (Å²) in [5.74, 6) is 0. The van der Waals surface area contributed by atoms with Crippen molar-refractivity contribution in [1.82, 2.24) is 0 Å². The van der Waals surface area contributed by atoms with E-state index >= 15 is 0 Å². The monoisotopic (exact) mass is 156 g/mol. The summed E-state index contributed by atoms with van der Waals surface area (Å²) in [5.41, 5.74) is 0. The maximum Gasteiger partial charge on any atom is 0.291 e. The summed E-state index contributed by atoms with van der Waals surface area (Å²) in [6.45, 7) is 4.00. The van der Waals surface area contributed by atoms with Crippen LogP contribution in [0.2, 0.25) is 0 Å². The molecule has 0 aromatic rings. The van der Waals surface area contributed by atoms with E-state index in [0.29, 0.717) is 0 Å². The number of rotatable bonds is 0. The minimum atomic E-state index is -1.50. The first-order valence-electron chi connectivity index (χ1n) is 2.13. The predicted molar refractivity (Wildman–Crippen MR) is 28.9 cm³/mol. The van der Waals surface area contributed by atoms with Gasteiger partial charge in [-0.1, -0.05) is 13.8 Å². The molecule has 0 aliphatic carbocycles. The summed E-state index contributed by atoms with van der Waals surface area (Å²) in [4.78, 5) is 16.7. The molecule has 0 aliphatic heterocycles. The van der Waals surface area contributed by atoms with Gasteiger partial charge in [-0.3, -0.25) is 0 Å². The van der Waals surface area contributed by atoms with E-state index in [1.807, 2.05) is 13.8 Å². The lowest BCUT2D eigenvalue weighted by molar-refractivity contribution is -0.742. The quantitative estimate of drug-likeness (QED) is 0.384. The fourth-order valence-corrected chi connectivity index (χ4v) is 0. The van der Waals surface area contributed by atoms with Crippen molar-refractivity contribution in [2.45, 2.75) is 13.8 Å². The van der Waals surface area contributed by atoms with E-state index < -0.39 is 10.2 Å². The first-order valence-corrected chi connectivity index (χ1v) is 2.13. The predicted octanol–water partition coefficient (Wildman–Crippen LogP) is 0.331. The first kappa shape index (κ1) is 15.8. The van der Waals surface area contributed by atoms with Crippen LogP contribution in [0.4, 0.5) is 0 Å². The van der Waals surface area contributed by atoms with Crippen LogP contribution in [0.5, 0.6) is 0 Å². The average molecular weight is 156 g/mol. The van der Waals surface area contributed by atoms with E-state index in [1.165, 1.54) is 0 Å². The van der Waals surface area contributed by atoms with Crippen LogP contribution in [-0.4, -0.2) is 20.6 Å². The molecule has 8 heteroatoms. The Balaban J connectivity index is -0.0000000787. The minimum Gasteiger partial charge on any atom is -0.328 e. The van der Waals surface area contributed by atoms with Crippen LogP contribution in [0.15, 0.2) is 0 Å². The molecule has 0 aromatic heterocycles. The van der Waals surface area contributed by atoms with Crippen molar-refractivity contribution in [3.63, 3.8) is 0 Å². The maximum atomic E-state index is 8.36. The Morgan fingerprint density at radius 3 is 1.00 bits per heavy atom. The molecule has 0 amide bonds. The lowest BCUT2D eigenvalue weighted by atomic mass is 11.0. The van der Waals surface area contributed by atoms with Gasteiger partial charge in [0.15, 0.2) is 0 Å². The molecule has 8 nitrogen and oxygen atoms in total. The van der Waals surface area contributed by atoms with Gasteiger partial charge in [0.2, 0.25) is 0 Å². The molecule has 0 aliphatic rings. The van der Waals surface area contributed by atoms with Gasteiger partial charge in [-0.15, -0.1) is 20.2 Å². The Morgan fingerprint density at radius 1 is 1.00 bits per heavy atom. The zero-order chi connectivity index (χ0) is 9.15. The Kier molecular flexibility index (Phi) is 24.7. The molecule has 0 heterocycles. The third kappa shape index (κ3) is 72.9. The van der Waals surface area contributed by atoms with Gasteiger partial charge < -0.3 is 10.4 Å². The van der Waals surface area contributed by atoms with Crippen molar-refractivity contribution < 1.29 is 20.6 Å². The maximum absolute atomic E-state index is 8.36. The Labute approximate surface area is 55.9 Å². The van der Waals surface area contributed by atoms with E-state index in [9.17, 15) is 0 Å². The molecule has 0 saturated heterocycles. The van der Waals surface area contributed by atoms with Crippen LogP contribution in [0.1, 0.15) is 13.8 Å². The van der Waals surface area contributed by atoms with Crippen LogP contribution in [-0.2, 0) is 0 Å². The summed E-state index contributed by atoms with van der Waals surface area (Å²) in [6.07, 6.45) is 0. The standard InChI is InChI=1S/C2H6.2HNO3/c1-2;2*2-1(3)4/h1-2H3;2*(H,2,3,4). The van der Waals surface area contributed by atoms with E-state index in [0.717, 1.165) is 0 Å². The van der Waals surface area contributed by atoms with Gasteiger partial charge in [0.05, 0.1) is 0 Å². The van der Waals surface area contributed by atoms with Gasteiger partial charge in [0, 0.05) is 0 Å². The largest absolute Gasteiger partial charge is 0.328 e. The van der Waals surface area contributed by atoms with Crippen molar-refractivity contribution in [1.29, 1.82) is 0 Å². The molecule has 0 aromatic carbocycles. The third-order valence-electron chi connectivity index (χ3n) is 0. The molecule has 0 atom stereocenters. The molecule has 0 radical (unpaired) electrons. The van der Waals surface area contributed by atoms with Gasteiger partial charge >= 0.3 is 0 Å². The van der Waals surface area contributed by atoms with Gasteiger partial charge in [0.25, 0.3) is 10.2 Å². The second-order valence-corrected chi connectivity index (χ2v) is 0.476. The molecule has 62 valence electrons. The topological polar surface area (TPSA) is 127 Å². The highest BCUT2D eigenvalue weighted by molar-refractivity contribution is 3.83. The lowest BCUT2D eigenvalue weighted by Crippen LogP contribution is -1.81. The van der Waals surface area contributed by atoms with E-state index in [4.69, 9.17) is 30.6 Å². The van der Waals surface area contributed by atoms with E-state index in [-0.39, 0.29) is 0 Å². The molecule has 0 fully saturated rings. The fraction of sp³-hybridized carbons (Fsp3) is 1.00. The zero-order valence-electron chi connectivity index (χ0n) is 5.42. The van der Waals surface area contributed by atoms with E-state index in [2.05, 4.69) is 0 Å². The molecule has 0 unspecified atom stereocenters. The van der Waals surface area contributed by atoms with Crippen molar-refractivity contribution >= 4 is 0 Å². The fourth-order valence-electron chi connectivity index (χ4n) is 0. The average Bonchev–Trinajstić information content (AvgIpc) is 1.66. The molecule has 10 heavy (non-hydrogen) atoms. The van der Waals surface area contributed by atoms with Gasteiger partial charge in [0.1, 0.15) is 0 Å². The molecular weight excluding hydrogens is 148 g/mol. The number of nitrogens with zero attached hydrogens (tertiary/aromatic N) is 2. The highest BCUT2D eigenvalue weighted by Gasteiger charge is 1.65. The Hall–Kier alpha value is -1.60. The summed E-state index contributed by atoms with van der Waals surface area (Å²) in [5, 5.41) is 27.3.